The van der Waals surface area contributed by atoms with E-state index < -0.39 is 0 Å². The van der Waals surface area contributed by atoms with Crippen molar-refractivity contribution >= 4 is 29.9 Å². The molecule has 0 aliphatic carbocycles. The van der Waals surface area contributed by atoms with Crippen LogP contribution in [0.15, 0.2) is 53.5 Å². The van der Waals surface area contributed by atoms with Gasteiger partial charge >= 0.3 is 0 Å². The second-order valence-corrected chi connectivity index (χ2v) is 8.18. The van der Waals surface area contributed by atoms with Crippen LogP contribution in [-0.2, 0) is 19.6 Å². The summed E-state index contributed by atoms with van der Waals surface area (Å²) in [5, 5.41) is 13.9. The third kappa shape index (κ3) is 7.42. The fourth-order valence-corrected chi connectivity index (χ4v) is 3.87. The molecule has 3 aromatic rings. The third-order valence-corrected chi connectivity index (χ3v) is 5.70. The highest BCUT2D eigenvalue weighted by atomic mass is 127. The number of nitrogens with zero attached hydrogens (tertiary/aromatic N) is 4. The molecule has 0 bridgehead atoms. The van der Waals surface area contributed by atoms with Crippen molar-refractivity contribution < 1.29 is 4.74 Å². The molecule has 1 fully saturated rings. The maximum atomic E-state index is 5.20. The molecule has 0 saturated carbocycles. The molecule has 1 saturated heterocycles. The number of halogens is 1. The standard InChI is InChI=1S/C25H33N7O.HI/c1-3-26-25(27-16-19-6-8-20(9-7-19)18-32-14-4-5-15-32)28-17-23-29-24(31-30-23)21-10-12-22(33-2)13-11-21;/h6-13H,3-5,14-18H2,1-2H3,(H2,26,27,28)(H,29,30,31);1H. The number of ether oxygens (including phenoxy) is 1. The lowest BCUT2D eigenvalue weighted by molar-refractivity contribution is 0.331. The molecular weight excluding hydrogens is 541 g/mol. The molecule has 0 unspecified atom stereocenters. The zero-order valence-corrected chi connectivity index (χ0v) is 22.2. The van der Waals surface area contributed by atoms with Crippen molar-refractivity contribution in [1.29, 1.82) is 0 Å². The Labute approximate surface area is 218 Å². The van der Waals surface area contributed by atoms with Gasteiger partial charge in [0.05, 0.1) is 20.2 Å². The summed E-state index contributed by atoms with van der Waals surface area (Å²) in [5.74, 6) is 2.97. The first-order chi connectivity index (χ1) is 16.2. The number of hydrogen-bond donors (Lipinski definition) is 3. The van der Waals surface area contributed by atoms with E-state index in [0.717, 1.165) is 36.2 Å². The van der Waals surface area contributed by atoms with Crippen LogP contribution in [0.5, 0.6) is 5.75 Å². The molecule has 0 amide bonds. The Bertz CT molecular complexity index is 1030. The predicted octanol–water partition coefficient (Wildman–Crippen LogP) is 3.95. The fourth-order valence-electron chi connectivity index (χ4n) is 3.87. The lowest BCUT2D eigenvalue weighted by Gasteiger charge is -2.14. The zero-order valence-electron chi connectivity index (χ0n) is 19.9. The summed E-state index contributed by atoms with van der Waals surface area (Å²) in [6.07, 6.45) is 2.65. The van der Waals surface area contributed by atoms with Crippen LogP contribution in [0.4, 0.5) is 0 Å². The normalized spacial score (nSPS) is 14.0. The van der Waals surface area contributed by atoms with E-state index in [-0.39, 0.29) is 24.0 Å². The topological polar surface area (TPSA) is 90.5 Å². The highest BCUT2D eigenvalue weighted by Crippen LogP contribution is 2.19. The number of aromatic nitrogens is 3. The van der Waals surface area contributed by atoms with Crippen LogP contribution >= 0.6 is 24.0 Å². The zero-order chi connectivity index (χ0) is 22.9. The first kappa shape index (κ1) is 26.0. The van der Waals surface area contributed by atoms with Gasteiger partial charge in [-0.2, -0.15) is 5.10 Å². The minimum atomic E-state index is 0. The molecule has 0 atom stereocenters. The van der Waals surface area contributed by atoms with Crippen molar-refractivity contribution in [3.63, 3.8) is 0 Å². The van der Waals surface area contributed by atoms with Crippen molar-refractivity contribution in [2.24, 2.45) is 4.99 Å². The van der Waals surface area contributed by atoms with E-state index in [1.54, 1.807) is 7.11 Å². The number of methoxy groups -OCH3 is 1. The number of likely N-dealkylation sites (tertiary alicyclic amines) is 1. The van der Waals surface area contributed by atoms with Gasteiger partial charge in [0.25, 0.3) is 0 Å². The van der Waals surface area contributed by atoms with Crippen LogP contribution in [-0.4, -0.2) is 52.8 Å². The van der Waals surface area contributed by atoms with E-state index >= 15 is 0 Å². The van der Waals surface area contributed by atoms with Gasteiger partial charge < -0.3 is 15.4 Å². The smallest absolute Gasteiger partial charge is 0.191 e. The fraction of sp³-hybridized carbons (Fsp3) is 0.400. The highest BCUT2D eigenvalue weighted by molar-refractivity contribution is 14.0. The maximum Gasteiger partial charge on any atom is 0.191 e. The lowest BCUT2D eigenvalue weighted by atomic mass is 10.1. The van der Waals surface area contributed by atoms with Crippen molar-refractivity contribution in [3.8, 4) is 17.1 Å². The van der Waals surface area contributed by atoms with Gasteiger partial charge in [0.15, 0.2) is 11.8 Å². The van der Waals surface area contributed by atoms with Gasteiger partial charge in [0.1, 0.15) is 11.6 Å². The lowest BCUT2D eigenvalue weighted by Crippen LogP contribution is -2.37. The van der Waals surface area contributed by atoms with Gasteiger partial charge in [-0.3, -0.25) is 10.00 Å². The molecule has 34 heavy (non-hydrogen) atoms. The number of guanidine groups is 1. The predicted molar refractivity (Wildman–Crippen MR) is 146 cm³/mol. The highest BCUT2D eigenvalue weighted by Gasteiger charge is 2.11. The summed E-state index contributed by atoms with van der Waals surface area (Å²) in [6.45, 7) is 7.45. The van der Waals surface area contributed by atoms with Crippen molar-refractivity contribution in [2.75, 3.05) is 26.7 Å². The number of aliphatic imine (C=N–C) groups is 1. The second kappa shape index (κ2) is 13.3. The molecule has 4 rings (SSSR count). The molecule has 1 aliphatic heterocycles. The summed E-state index contributed by atoms with van der Waals surface area (Å²) in [7, 11) is 1.65. The van der Waals surface area contributed by atoms with E-state index in [9.17, 15) is 0 Å². The summed E-state index contributed by atoms with van der Waals surface area (Å²) in [5.41, 5.74) is 3.50. The molecule has 2 heterocycles. The molecule has 9 heteroatoms. The Morgan fingerprint density at radius 1 is 1.03 bits per heavy atom. The minimum Gasteiger partial charge on any atom is -0.497 e. The number of hydrogen-bond acceptors (Lipinski definition) is 5. The van der Waals surface area contributed by atoms with Gasteiger partial charge in [-0.1, -0.05) is 24.3 Å². The Morgan fingerprint density at radius 2 is 1.74 bits per heavy atom. The number of H-pyrrole nitrogens is 1. The molecule has 182 valence electrons. The summed E-state index contributed by atoms with van der Waals surface area (Å²) in [4.78, 5) is 11.8. The molecule has 0 radical (unpaired) electrons. The van der Waals surface area contributed by atoms with Gasteiger partial charge in [-0.25, -0.2) is 9.98 Å². The van der Waals surface area contributed by atoms with E-state index in [4.69, 9.17) is 9.73 Å². The van der Waals surface area contributed by atoms with Crippen molar-refractivity contribution in [3.05, 3.63) is 65.5 Å². The largest absolute Gasteiger partial charge is 0.497 e. The number of nitrogens with one attached hydrogen (secondary N) is 3. The molecule has 3 N–H and O–H groups in total. The van der Waals surface area contributed by atoms with Crippen LogP contribution in [0.3, 0.4) is 0 Å². The van der Waals surface area contributed by atoms with E-state index in [1.165, 1.54) is 37.1 Å². The van der Waals surface area contributed by atoms with Crippen LogP contribution in [0.1, 0.15) is 36.7 Å². The van der Waals surface area contributed by atoms with Crippen LogP contribution < -0.4 is 15.4 Å². The Hall–Kier alpha value is -2.66. The summed E-state index contributed by atoms with van der Waals surface area (Å²) >= 11 is 0. The molecule has 2 aromatic carbocycles. The molecular formula is C25H34IN7O. The first-order valence-electron chi connectivity index (χ1n) is 11.6. The van der Waals surface area contributed by atoms with Crippen molar-refractivity contribution in [2.45, 2.75) is 39.4 Å². The van der Waals surface area contributed by atoms with Gasteiger partial charge in [-0.15, -0.1) is 24.0 Å². The molecule has 1 aliphatic rings. The molecule has 1 aromatic heterocycles. The molecule has 8 nitrogen and oxygen atoms in total. The quantitative estimate of drug-likeness (QED) is 0.204. The second-order valence-electron chi connectivity index (χ2n) is 8.18. The first-order valence-corrected chi connectivity index (χ1v) is 11.6. The third-order valence-electron chi connectivity index (χ3n) is 5.70. The van der Waals surface area contributed by atoms with E-state index in [0.29, 0.717) is 18.9 Å². The molecule has 0 spiro atoms. The summed E-state index contributed by atoms with van der Waals surface area (Å²) in [6, 6.07) is 16.5. The van der Waals surface area contributed by atoms with Crippen LogP contribution in [0.2, 0.25) is 0 Å². The van der Waals surface area contributed by atoms with E-state index in [1.807, 2.05) is 24.3 Å². The number of rotatable bonds is 9. The SMILES string of the molecule is CCNC(=NCc1ccc(CN2CCCC2)cc1)NCc1nc(-c2ccc(OC)cc2)n[nH]1.I. The Balaban J connectivity index is 0.00000324. The summed E-state index contributed by atoms with van der Waals surface area (Å²) < 4.78 is 5.20. The van der Waals surface area contributed by atoms with Gasteiger partial charge in [-0.05, 0) is 68.2 Å². The van der Waals surface area contributed by atoms with Crippen LogP contribution in [0, 0.1) is 0 Å². The Morgan fingerprint density at radius 3 is 2.41 bits per heavy atom. The monoisotopic (exact) mass is 575 g/mol. The van der Waals surface area contributed by atoms with E-state index in [2.05, 4.69) is 61.9 Å². The maximum absolute atomic E-state index is 5.20. The number of aromatic amines is 1. The minimum absolute atomic E-state index is 0. The van der Waals surface area contributed by atoms with Gasteiger partial charge in [0.2, 0.25) is 0 Å². The van der Waals surface area contributed by atoms with Crippen molar-refractivity contribution in [1.82, 2.24) is 30.7 Å². The average Bonchev–Trinajstić information content (AvgIpc) is 3.54. The average molecular weight is 575 g/mol. The van der Waals surface area contributed by atoms with Crippen LogP contribution in [0.25, 0.3) is 11.4 Å². The number of benzene rings is 2. The Kier molecular flexibility index (Phi) is 10.1. The van der Waals surface area contributed by atoms with Gasteiger partial charge in [0, 0.05) is 18.7 Å².